The van der Waals surface area contributed by atoms with Gasteiger partial charge in [0.2, 0.25) is 0 Å². The summed E-state index contributed by atoms with van der Waals surface area (Å²) in [4.78, 5) is 10.1. The monoisotopic (exact) mass is 277 g/mol. The van der Waals surface area contributed by atoms with Crippen LogP contribution in [0.3, 0.4) is 0 Å². The van der Waals surface area contributed by atoms with Crippen molar-refractivity contribution in [2.75, 3.05) is 0 Å². The fraction of sp³-hybridized carbons (Fsp3) is 0.143. The first kappa shape index (κ1) is 14.0. The van der Waals surface area contributed by atoms with E-state index in [4.69, 9.17) is 4.74 Å². The maximum atomic E-state index is 13.8. The largest absolute Gasteiger partial charge is 0.454 e. The molecule has 5 nitrogen and oxygen atoms in total. The maximum absolute atomic E-state index is 13.8. The van der Waals surface area contributed by atoms with Gasteiger partial charge in [0.1, 0.15) is 5.75 Å². The molecule has 0 aliphatic heterocycles. The number of nitrogens with zero attached hydrogens (tertiary/aromatic N) is 1. The van der Waals surface area contributed by atoms with Crippen molar-refractivity contribution in [3.63, 3.8) is 0 Å². The van der Waals surface area contributed by atoms with E-state index in [0.29, 0.717) is 16.9 Å². The number of hydrogen-bond acceptors (Lipinski definition) is 4. The molecule has 2 aromatic rings. The number of nitro groups is 1. The second-order valence-electron chi connectivity index (χ2n) is 4.19. The Kier molecular flexibility index (Phi) is 3.95. The van der Waals surface area contributed by atoms with E-state index in [1.54, 1.807) is 24.3 Å². The molecule has 0 radical (unpaired) electrons. The van der Waals surface area contributed by atoms with Crippen LogP contribution in [0.25, 0.3) is 0 Å². The number of aryl methyl sites for hydroxylation is 1. The van der Waals surface area contributed by atoms with Crippen molar-refractivity contribution in [1.82, 2.24) is 0 Å². The Morgan fingerprint density at radius 3 is 2.65 bits per heavy atom. The molecule has 0 saturated heterocycles. The Bertz CT molecular complexity index is 658. The molecule has 0 spiro atoms. The minimum absolute atomic E-state index is 0.117. The molecule has 2 aromatic carbocycles. The lowest BCUT2D eigenvalue weighted by molar-refractivity contribution is -0.385. The average Bonchev–Trinajstić information content (AvgIpc) is 2.42. The predicted molar refractivity (Wildman–Crippen MR) is 70.2 cm³/mol. The van der Waals surface area contributed by atoms with Crippen molar-refractivity contribution in [2.45, 2.75) is 13.5 Å². The average molecular weight is 277 g/mol. The first-order chi connectivity index (χ1) is 9.52. The van der Waals surface area contributed by atoms with Crippen LogP contribution in [0.2, 0.25) is 0 Å². The van der Waals surface area contributed by atoms with Crippen LogP contribution in [0.5, 0.6) is 11.5 Å². The zero-order chi connectivity index (χ0) is 14.7. The fourth-order valence-corrected chi connectivity index (χ4v) is 1.77. The van der Waals surface area contributed by atoms with E-state index in [2.05, 4.69) is 0 Å². The van der Waals surface area contributed by atoms with Crippen LogP contribution in [0, 0.1) is 22.9 Å². The summed E-state index contributed by atoms with van der Waals surface area (Å²) in [6.45, 7) is 1.26. The Hall–Kier alpha value is -2.47. The second-order valence-corrected chi connectivity index (χ2v) is 4.19. The zero-order valence-corrected chi connectivity index (χ0v) is 10.7. The molecular formula is C14H12FNO4. The molecule has 0 aromatic heterocycles. The first-order valence-electron chi connectivity index (χ1n) is 5.84. The standard InChI is InChI=1S/C14H12FNO4/c1-9-6-14(11(15)7-12(9)16(18)19)20-13-5-3-2-4-10(13)8-17/h2-7,17H,8H2,1H3. The highest BCUT2D eigenvalue weighted by molar-refractivity contribution is 5.47. The molecule has 2 rings (SSSR count). The number of para-hydroxylation sites is 1. The van der Waals surface area contributed by atoms with Crippen LogP contribution in [0.1, 0.15) is 11.1 Å². The number of aliphatic hydroxyl groups is 1. The smallest absolute Gasteiger partial charge is 0.275 e. The van der Waals surface area contributed by atoms with Gasteiger partial charge < -0.3 is 9.84 Å². The molecule has 0 fully saturated rings. The first-order valence-corrected chi connectivity index (χ1v) is 5.84. The number of ether oxygens (including phenoxy) is 1. The summed E-state index contributed by atoms with van der Waals surface area (Å²) in [5.74, 6) is -0.633. The van der Waals surface area contributed by atoms with Gasteiger partial charge in [0, 0.05) is 11.1 Å². The fourth-order valence-electron chi connectivity index (χ4n) is 1.77. The second kappa shape index (κ2) is 5.66. The van der Waals surface area contributed by atoms with Crippen LogP contribution in [-0.4, -0.2) is 10.0 Å². The SMILES string of the molecule is Cc1cc(Oc2ccccc2CO)c(F)cc1[N+](=O)[O-]. The van der Waals surface area contributed by atoms with E-state index in [1.165, 1.54) is 13.0 Å². The number of rotatable bonds is 4. The molecular weight excluding hydrogens is 265 g/mol. The number of halogens is 1. The summed E-state index contributed by atoms with van der Waals surface area (Å²) in [7, 11) is 0. The molecule has 0 unspecified atom stereocenters. The highest BCUT2D eigenvalue weighted by Gasteiger charge is 2.17. The predicted octanol–water partition coefficient (Wildman–Crippen LogP) is 3.33. The molecule has 0 aliphatic rings. The molecule has 104 valence electrons. The van der Waals surface area contributed by atoms with E-state index in [0.717, 1.165) is 6.07 Å². The van der Waals surface area contributed by atoms with Crippen molar-refractivity contribution in [2.24, 2.45) is 0 Å². The van der Waals surface area contributed by atoms with Crippen LogP contribution in [-0.2, 0) is 6.61 Å². The molecule has 0 bridgehead atoms. The van der Waals surface area contributed by atoms with Crippen molar-refractivity contribution in [3.8, 4) is 11.5 Å². The Balaban J connectivity index is 2.39. The molecule has 0 heterocycles. The summed E-state index contributed by atoms with van der Waals surface area (Å²) < 4.78 is 19.2. The lowest BCUT2D eigenvalue weighted by Gasteiger charge is -2.11. The van der Waals surface area contributed by atoms with Gasteiger partial charge in [-0.3, -0.25) is 10.1 Å². The Morgan fingerprint density at radius 2 is 2.00 bits per heavy atom. The molecule has 0 saturated carbocycles. The van der Waals surface area contributed by atoms with Crippen molar-refractivity contribution in [3.05, 3.63) is 63.5 Å². The van der Waals surface area contributed by atoms with Crippen molar-refractivity contribution < 1.29 is 19.2 Å². The summed E-state index contributed by atoms with van der Waals surface area (Å²) in [5.41, 5.74) is 0.501. The summed E-state index contributed by atoms with van der Waals surface area (Å²) in [6, 6.07) is 8.72. The van der Waals surface area contributed by atoms with E-state index >= 15 is 0 Å². The third-order valence-electron chi connectivity index (χ3n) is 2.81. The number of nitro benzene ring substituents is 1. The highest BCUT2D eigenvalue weighted by atomic mass is 19.1. The van der Waals surface area contributed by atoms with Crippen LogP contribution >= 0.6 is 0 Å². The molecule has 6 heteroatoms. The van der Waals surface area contributed by atoms with Crippen molar-refractivity contribution >= 4 is 5.69 Å². The van der Waals surface area contributed by atoms with E-state index < -0.39 is 10.7 Å². The van der Waals surface area contributed by atoms with Gasteiger partial charge in [-0.25, -0.2) is 4.39 Å². The van der Waals surface area contributed by atoms with Crippen LogP contribution in [0.4, 0.5) is 10.1 Å². The van der Waals surface area contributed by atoms with Gasteiger partial charge in [-0.1, -0.05) is 18.2 Å². The lowest BCUT2D eigenvalue weighted by Crippen LogP contribution is -1.97. The zero-order valence-electron chi connectivity index (χ0n) is 10.7. The van der Waals surface area contributed by atoms with Gasteiger partial charge in [-0.05, 0) is 19.1 Å². The number of hydrogen-bond donors (Lipinski definition) is 1. The molecule has 1 N–H and O–H groups in total. The number of aliphatic hydroxyl groups excluding tert-OH is 1. The van der Waals surface area contributed by atoms with Crippen LogP contribution in [0.15, 0.2) is 36.4 Å². The number of benzene rings is 2. The summed E-state index contributed by atoms with van der Waals surface area (Å²) in [5, 5.41) is 19.9. The molecule has 0 aliphatic carbocycles. The van der Waals surface area contributed by atoms with E-state index in [1.807, 2.05) is 0 Å². The summed E-state index contributed by atoms with van der Waals surface area (Å²) >= 11 is 0. The topological polar surface area (TPSA) is 72.6 Å². The highest BCUT2D eigenvalue weighted by Crippen LogP contribution is 2.31. The van der Waals surface area contributed by atoms with Gasteiger partial charge >= 0.3 is 0 Å². The third-order valence-corrected chi connectivity index (χ3v) is 2.81. The molecule has 0 amide bonds. The van der Waals surface area contributed by atoms with E-state index in [-0.39, 0.29) is 18.0 Å². The van der Waals surface area contributed by atoms with Gasteiger partial charge in [0.25, 0.3) is 5.69 Å². The van der Waals surface area contributed by atoms with Gasteiger partial charge in [0.15, 0.2) is 11.6 Å². The van der Waals surface area contributed by atoms with E-state index in [9.17, 15) is 19.6 Å². The Morgan fingerprint density at radius 1 is 1.30 bits per heavy atom. The van der Waals surface area contributed by atoms with Gasteiger partial charge in [-0.15, -0.1) is 0 Å². The lowest BCUT2D eigenvalue weighted by atomic mass is 10.2. The minimum Gasteiger partial charge on any atom is -0.454 e. The quantitative estimate of drug-likeness (QED) is 0.687. The third kappa shape index (κ3) is 2.75. The summed E-state index contributed by atoms with van der Waals surface area (Å²) in [6.07, 6.45) is 0. The minimum atomic E-state index is -0.824. The maximum Gasteiger partial charge on any atom is 0.275 e. The van der Waals surface area contributed by atoms with Gasteiger partial charge in [-0.2, -0.15) is 0 Å². The molecule has 0 atom stereocenters. The van der Waals surface area contributed by atoms with Crippen molar-refractivity contribution in [1.29, 1.82) is 0 Å². The molecule has 20 heavy (non-hydrogen) atoms. The van der Waals surface area contributed by atoms with Gasteiger partial charge in [0.05, 0.1) is 17.6 Å². The van der Waals surface area contributed by atoms with Crippen LogP contribution < -0.4 is 4.74 Å². The Labute approximate surface area is 114 Å². The normalized spacial score (nSPS) is 10.3.